The highest BCUT2D eigenvalue weighted by Crippen LogP contribution is 2.39. The molecule has 0 aromatic heterocycles. The van der Waals surface area contributed by atoms with Gasteiger partial charge in [-0.15, -0.1) is 12.4 Å². The fourth-order valence-electron chi connectivity index (χ4n) is 4.01. The molecule has 1 amide bonds. The molecule has 0 saturated carbocycles. The van der Waals surface area contributed by atoms with Crippen molar-refractivity contribution in [2.75, 3.05) is 13.1 Å². The number of piperidine rings is 1. The molecule has 140 valence electrons. The summed E-state index contributed by atoms with van der Waals surface area (Å²) in [4.78, 5) is 12.6. The lowest BCUT2D eigenvalue weighted by molar-refractivity contribution is -0.123. The molecule has 1 aromatic carbocycles. The van der Waals surface area contributed by atoms with Gasteiger partial charge in [0.25, 0.3) is 0 Å². The molecule has 1 fully saturated rings. The summed E-state index contributed by atoms with van der Waals surface area (Å²) in [6.45, 7) is 8.53. The van der Waals surface area contributed by atoms with Gasteiger partial charge < -0.3 is 15.4 Å². The van der Waals surface area contributed by atoms with Gasteiger partial charge in [-0.05, 0) is 57.7 Å². The molecule has 2 aliphatic heterocycles. The van der Waals surface area contributed by atoms with E-state index in [1.165, 1.54) is 12.8 Å². The monoisotopic (exact) mass is 366 g/mol. The van der Waals surface area contributed by atoms with Gasteiger partial charge in [0, 0.05) is 18.4 Å². The molecule has 4 nitrogen and oxygen atoms in total. The quantitative estimate of drug-likeness (QED) is 0.850. The SMILES string of the molecule is CC(CC(=O)NC1CC(C)(C)Oc2ccccc21)C1CCCNC1.Cl. The predicted molar refractivity (Wildman–Crippen MR) is 103 cm³/mol. The molecule has 5 heteroatoms. The third kappa shape index (κ3) is 5.11. The van der Waals surface area contributed by atoms with E-state index < -0.39 is 0 Å². The van der Waals surface area contributed by atoms with E-state index in [0.29, 0.717) is 18.3 Å². The first-order chi connectivity index (χ1) is 11.4. The van der Waals surface area contributed by atoms with E-state index >= 15 is 0 Å². The molecule has 3 atom stereocenters. The Morgan fingerprint density at radius 2 is 2.16 bits per heavy atom. The minimum atomic E-state index is -0.259. The number of para-hydroxylation sites is 1. The maximum Gasteiger partial charge on any atom is 0.220 e. The van der Waals surface area contributed by atoms with Gasteiger partial charge in [0.15, 0.2) is 0 Å². The van der Waals surface area contributed by atoms with Crippen LogP contribution in [0.1, 0.15) is 58.1 Å². The minimum absolute atomic E-state index is 0. The highest BCUT2D eigenvalue weighted by molar-refractivity contribution is 5.85. The fourth-order valence-corrected chi connectivity index (χ4v) is 4.01. The zero-order chi connectivity index (χ0) is 17.2. The Labute approximate surface area is 157 Å². The third-order valence-electron chi connectivity index (χ3n) is 5.36. The Balaban J connectivity index is 0.00000225. The largest absolute Gasteiger partial charge is 0.487 e. The molecule has 3 rings (SSSR count). The van der Waals surface area contributed by atoms with Gasteiger partial charge in [0.1, 0.15) is 11.4 Å². The number of halogens is 1. The lowest BCUT2D eigenvalue weighted by Gasteiger charge is -2.38. The van der Waals surface area contributed by atoms with Crippen LogP contribution in [-0.2, 0) is 4.79 Å². The minimum Gasteiger partial charge on any atom is -0.487 e. The van der Waals surface area contributed by atoms with E-state index in [9.17, 15) is 4.79 Å². The van der Waals surface area contributed by atoms with Crippen molar-refractivity contribution in [3.63, 3.8) is 0 Å². The third-order valence-corrected chi connectivity index (χ3v) is 5.36. The lowest BCUT2D eigenvalue weighted by Crippen LogP contribution is -2.42. The Morgan fingerprint density at radius 1 is 1.40 bits per heavy atom. The van der Waals surface area contributed by atoms with Crippen molar-refractivity contribution in [3.8, 4) is 5.75 Å². The van der Waals surface area contributed by atoms with Crippen molar-refractivity contribution in [1.29, 1.82) is 0 Å². The molecule has 2 aliphatic rings. The average Bonchev–Trinajstić information content (AvgIpc) is 2.54. The smallest absolute Gasteiger partial charge is 0.220 e. The van der Waals surface area contributed by atoms with Crippen LogP contribution in [0.25, 0.3) is 0 Å². The van der Waals surface area contributed by atoms with Gasteiger partial charge in [0.05, 0.1) is 6.04 Å². The molecule has 0 bridgehead atoms. The summed E-state index contributed by atoms with van der Waals surface area (Å²) >= 11 is 0. The van der Waals surface area contributed by atoms with Gasteiger partial charge in [-0.2, -0.15) is 0 Å². The molecule has 1 saturated heterocycles. The number of benzene rings is 1. The lowest BCUT2D eigenvalue weighted by atomic mass is 9.85. The van der Waals surface area contributed by atoms with Crippen LogP contribution in [-0.4, -0.2) is 24.6 Å². The maximum atomic E-state index is 12.6. The van der Waals surface area contributed by atoms with Crippen LogP contribution in [0.15, 0.2) is 24.3 Å². The standard InChI is InChI=1S/C20H30N2O2.ClH/c1-14(15-7-6-10-21-13-15)11-19(23)22-17-12-20(2,3)24-18-9-5-4-8-16(17)18;/h4-5,8-9,14-15,17,21H,6-7,10-13H2,1-3H3,(H,22,23);1H. The molecule has 2 heterocycles. The van der Waals surface area contributed by atoms with Crippen molar-refractivity contribution in [1.82, 2.24) is 10.6 Å². The summed E-state index contributed by atoms with van der Waals surface area (Å²) in [6.07, 6.45) is 3.86. The first-order valence-electron chi connectivity index (χ1n) is 9.22. The molecule has 2 N–H and O–H groups in total. The molecule has 25 heavy (non-hydrogen) atoms. The van der Waals surface area contributed by atoms with E-state index in [2.05, 4.69) is 37.5 Å². The van der Waals surface area contributed by atoms with Crippen LogP contribution in [0.3, 0.4) is 0 Å². The van der Waals surface area contributed by atoms with Crippen LogP contribution in [0.2, 0.25) is 0 Å². The van der Waals surface area contributed by atoms with E-state index in [-0.39, 0.29) is 30.0 Å². The zero-order valence-corrected chi connectivity index (χ0v) is 16.3. The first kappa shape index (κ1) is 20.1. The normalized spacial score (nSPS) is 25.7. The summed E-state index contributed by atoms with van der Waals surface area (Å²) in [6, 6.07) is 8.08. The van der Waals surface area contributed by atoms with Gasteiger partial charge in [-0.3, -0.25) is 4.79 Å². The number of carbonyl (C=O) groups excluding carboxylic acids is 1. The van der Waals surface area contributed by atoms with E-state index in [1.807, 2.05) is 18.2 Å². The summed E-state index contributed by atoms with van der Waals surface area (Å²) in [5.41, 5.74) is 0.836. The number of amides is 1. The Hall–Kier alpha value is -1.26. The second-order valence-corrected chi connectivity index (χ2v) is 8.01. The van der Waals surface area contributed by atoms with E-state index in [4.69, 9.17) is 4.74 Å². The van der Waals surface area contributed by atoms with E-state index in [0.717, 1.165) is 30.8 Å². The number of ether oxygens (including phenoxy) is 1. The molecule has 0 aliphatic carbocycles. The molecule has 0 radical (unpaired) electrons. The van der Waals surface area contributed by atoms with Crippen LogP contribution in [0.5, 0.6) is 5.75 Å². The van der Waals surface area contributed by atoms with Crippen molar-refractivity contribution >= 4 is 18.3 Å². The fraction of sp³-hybridized carbons (Fsp3) is 0.650. The topological polar surface area (TPSA) is 50.4 Å². The molecule has 3 unspecified atom stereocenters. The first-order valence-corrected chi connectivity index (χ1v) is 9.22. The number of hydrogen-bond donors (Lipinski definition) is 2. The number of nitrogens with one attached hydrogen (secondary N) is 2. The molecular formula is C20H31ClN2O2. The van der Waals surface area contributed by atoms with Crippen LogP contribution >= 0.6 is 12.4 Å². The van der Waals surface area contributed by atoms with Gasteiger partial charge in [-0.1, -0.05) is 25.1 Å². The van der Waals surface area contributed by atoms with Crippen molar-refractivity contribution in [2.45, 2.75) is 58.1 Å². The molecular weight excluding hydrogens is 336 g/mol. The van der Waals surface area contributed by atoms with Crippen molar-refractivity contribution in [2.24, 2.45) is 11.8 Å². The molecule has 1 aromatic rings. The zero-order valence-electron chi connectivity index (χ0n) is 15.5. The maximum absolute atomic E-state index is 12.6. The second-order valence-electron chi connectivity index (χ2n) is 8.01. The Morgan fingerprint density at radius 3 is 2.88 bits per heavy atom. The van der Waals surface area contributed by atoms with Crippen LogP contribution in [0.4, 0.5) is 0 Å². The van der Waals surface area contributed by atoms with Gasteiger partial charge >= 0.3 is 0 Å². The summed E-state index contributed by atoms with van der Waals surface area (Å²) in [7, 11) is 0. The van der Waals surface area contributed by atoms with Crippen LogP contribution < -0.4 is 15.4 Å². The van der Waals surface area contributed by atoms with Crippen molar-refractivity contribution in [3.05, 3.63) is 29.8 Å². The molecule has 0 spiro atoms. The summed E-state index contributed by atoms with van der Waals surface area (Å²) < 4.78 is 6.05. The summed E-state index contributed by atoms with van der Waals surface area (Å²) in [5, 5.41) is 6.71. The number of hydrogen-bond acceptors (Lipinski definition) is 3. The second kappa shape index (κ2) is 8.41. The predicted octanol–water partition coefficient (Wildman–Crippen LogP) is 3.85. The van der Waals surface area contributed by atoms with E-state index in [1.54, 1.807) is 0 Å². The average molecular weight is 367 g/mol. The number of fused-ring (bicyclic) bond motifs is 1. The Bertz CT molecular complexity index is 585. The van der Waals surface area contributed by atoms with Crippen molar-refractivity contribution < 1.29 is 9.53 Å². The number of carbonyl (C=O) groups is 1. The number of rotatable bonds is 4. The van der Waals surface area contributed by atoms with Gasteiger partial charge in [0.2, 0.25) is 5.91 Å². The highest BCUT2D eigenvalue weighted by Gasteiger charge is 2.34. The summed E-state index contributed by atoms with van der Waals surface area (Å²) in [5.74, 6) is 2.08. The van der Waals surface area contributed by atoms with Gasteiger partial charge in [-0.25, -0.2) is 0 Å². The van der Waals surface area contributed by atoms with Crippen LogP contribution in [0, 0.1) is 11.8 Å². The Kier molecular flexibility index (Phi) is 6.75. The highest BCUT2D eigenvalue weighted by atomic mass is 35.5.